The van der Waals surface area contributed by atoms with Crippen molar-refractivity contribution >= 4 is 12.0 Å². The first-order chi connectivity index (χ1) is 8.40. The first-order valence-corrected chi connectivity index (χ1v) is 6.64. The summed E-state index contributed by atoms with van der Waals surface area (Å²) in [5.41, 5.74) is -0.792. The summed E-state index contributed by atoms with van der Waals surface area (Å²) in [6, 6.07) is -0.0457. The van der Waals surface area contributed by atoms with Crippen molar-refractivity contribution in [1.29, 1.82) is 0 Å². The van der Waals surface area contributed by atoms with Gasteiger partial charge in [0.05, 0.1) is 5.41 Å². The van der Waals surface area contributed by atoms with Crippen LogP contribution in [0.15, 0.2) is 0 Å². The lowest BCUT2D eigenvalue weighted by atomic mass is 9.82. The van der Waals surface area contributed by atoms with Gasteiger partial charge < -0.3 is 14.9 Å². The SMILES string of the molecule is CCCCN(C)C(=O)N1CCCC(C)(C(=O)O)C1. The van der Waals surface area contributed by atoms with Crippen LogP contribution in [0.25, 0.3) is 0 Å². The van der Waals surface area contributed by atoms with E-state index in [0.717, 1.165) is 25.8 Å². The Kier molecular flexibility index (Phi) is 4.99. The van der Waals surface area contributed by atoms with Crippen LogP contribution in [0.3, 0.4) is 0 Å². The zero-order valence-corrected chi connectivity index (χ0v) is 11.6. The minimum Gasteiger partial charge on any atom is -0.481 e. The Morgan fingerprint density at radius 1 is 1.44 bits per heavy atom. The second kappa shape index (κ2) is 6.07. The molecule has 1 aliphatic rings. The zero-order chi connectivity index (χ0) is 13.8. The minimum atomic E-state index is -0.809. The van der Waals surface area contributed by atoms with Gasteiger partial charge >= 0.3 is 12.0 Å². The molecule has 0 bridgehead atoms. The highest BCUT2D eigenvalue weighted by Crippen LogP contribution is 2.30. The predicted octanol–water partition coefficient (Wildman–Crippen LogP) is 2.03. The number of hydrogen-bond donors (Lipinski definition) is 1. The minimum absolute atomic E-state index is 0.0457. The molecular formula is C13H24N2O3. The Balaban J connectivity index is 2.61. The lowest BCUT2D eigenvalue weighted by molar-refractivity contribution is -0.150. The summed E-state index contributed by atoms with van der Waals surface area (Å²) >= 11 is 0. The lowest BCUT2D eigenvalue weighted by Gasteiger charge is -2.39. The number of urea groups is 1. The largest absolute Gasteiger partial charge is 0.481 e. The van der Waals surface area contributed by atoms with Crippen LogP contribution >= 0.6 is 0 Å². The van der Waals surface area contributed by atoms with Crippen molar-refractivity contribution in [3.8, 4) is 0 Å². The van der Waals surface area contributed by atoms with Gasteiger partial charge in [-0.3, -0.25) is 4.79 Å². The van der Waals surface area contributed by atoms with Crippen molar-refractivity contribution in [1.82, 2.24) is 9.80 Å². The highest BCUT2D eigenvalue weighted by Gasteiger charge is 2.39. The number of likely N-dealkylation sites (tertiary alicyclic amines) is 1. The second-order valence-electron chi connectivity index (χ2n) is 5.45. The van der Waals surface area contributed by atoms with Gasteiger partial charge in [0.15, 0.2) is 0 Å². The molecule has 1 fully saturated rings. The number of rotatable bonds is 4. The molecule has 0 aromatic heterocycles. The van der Waals surface area contributed by atoms with Crippen LogP contribution < -0.4 is 0 Å². The van der Waals surface area contributed by atoms with Gasteiger partial charge in [-0.15, -0.1) is 0 Å². The Bertz CT molecular complexity index is 319. The van der Waals surface area contributed by atoms with Crippen molar-refractivity contribution in [3.63, 3.8) is 0 Å². The maximum atomic E-state index is 12.2. The average Bonchev–Trinajstić information content (AvgIpc) is 2.34. The Hall–Kier alpha value is -1.26. The number of carbonyl (C=O) groups excluding carboxylic acids is 1. The van der Waals surface area contributed by atoms with Gasteiger partial charge in [0, 0.05) is 26.7 Å². The van der Waals surface area contributed by atoms with E-state index in [1.54, 1.807) is 23.8 Å². The summed E-state index contributed by atoms with van der Waals surface area (Å²) in [6.45, 7) is 5.52. The lowest BCUT2D eigenvalue weighted by Crippen LogP contribution is -2.51. The topological polar surface area (TPSA) is 60.9 Å². The normalized spacial score (nSPS) is 23.8. The molecule has 1 unspecified atom stereocenters. The summed E-state index contributed by atoms with van der Waals surface area (Å²) in [5, 5.41) is 9.23. The predicted molar refractivity (Wildman–Crippen MR) is 69.5 cm³/mol. The molecule has 1 aliphatic heterocycles. The fourth-order valence-electron chi connectivity index (χ4n) is 2.31. The van der Waals surface area contributed by atoms with E-state index < -0.39 is 11.4 Å². The van der Waals surface area contributed by atoms with Crippen LogP contribution in [0.2, 0.25) is 0 Å². The molecule has 5 nitrogen and oxygen atoms in total. The Morgan fingerprint density at radius 2 is 2.11 bits per heavy atom. The first kappa shape index (κ1) is 14.8. The van der Waals surface area contributed by atoms with Gasteiger partial charge in [-0.25, -0.2) is 4.79 Å². The maximum Gasteiger partial charge on any atom is 0.319 e. The molecule has 1 N–H and O–H groups in total. The number of hydrogen-bond acceptors (Lipinski definition) is 2. The number of carbonyl (C=O) groups is 2. The van der Waals surface area contributed by atoms with E-state index >= 15 is 0 Å². The van der Waals surface area contributed by atoms with E-state index in [-0.39, 0.29) is 6.03 Å². The number of aliphatic carboxylic acids is 1. The molecule has 0 aliphatic carbocycles. The molecule has 1 rings (SSSR count). The number of amides is 2. The quantitative estimate of drug-likeness (QED) is 0.837. The molecule has 2 amide bonds. The van der Waals surface area contributed by atoms with Crippen molar-refractivity contribution < 1.29 is 14.7 Å². The smallest absolute Gasteiger partial charge is 0.319 e. The van der Waals surface area contributed by atoms with Crippen LogP contribution in [0.1, 0.15) is 39.5 Å². The number of nitrogens with zero attached hydrogens (tertiary/aromatic N) is 2. The molecule has 1 heterocycles. The van der Waals surface area contributed by atoms with Crippen molar-refractivity contribution in [2.75, 3.05) is 26.7 Å². The third-order valence-electron chi connectivity index (χ3n) is 3.66. The average molecular weight is 256 g/mol. The van der Waals surface area contributed by atoms with E-state index in [9.17, 15) is 14.7 Å². The van der Waals surface area contributed by atoms with Gasteiger partial charge in [-0.1, -0.05) is 13.3 Å². The van der Waals surface area contributed by atoms with Gasteiger partial charge in [0.25, 0.3) is 0 Å². The monoisotopic (exact) mass is 256 g/mol. The van der Waals surface area contributed by atoms with Gasteiger partial charge in [0.1, 0.15) is 0 Å². The summed E-state index contributed by atoms with van der Waals surface area (Å²) < 4.78 is 0. The molecule has 0 spiro atoms. The van der Waals surface area contributed by atoms with Gasteiger partial charge in [0.2, 0.25) is 0 Å². The molecule has 0 aromatic carbocycles. The molecule has 0 radical (unpaired) electrons. The number of piperidine rings is 1. The molecule has 0 aromatic rings. The number of carboxylic acid groups (broad SMARTS) is 1. The van der Waals surface area contributed by atoms with E-state index in [0.29, 0.717) is 19.5 Å². The van der Waals surface area contributed by atoms with Gasteiger partial charge in [-0.05, 0) is 26.2 Å². The first-order valence-electron chi connectivity index (χ1n) is 6.64. The summed E-state index contributed by atoms with van der Waals surface area (Å²) in [6.07, 6.45) is 3.43. The molecule has 0 saturated carbocycles. The molecule has 1 saturated heterocycles. The van der Waals surface area contributed by atoms with E-state index in [1.807, 2.05) is 0 Å². The van der Waals surface area contributed by atoms with Crippen molar-refractivity contribution in [3.05, 3.63) is 0 Å². The van der Waals surface area contributed by atoms with Crippen LogP contribution in [-0.2, 0) is 4.79 Å². The van der Waals surface area contributed by atoms with E-state index in [4.69, 9.17) is 0 Å². The van der Waals surface area contributed by atoms with Crippen LogP contribution in [0.5, 0.6) is 0 Å². The summed E-state index contributed by atoms with van der Waals surface area (Å²) in [5.74, 6) is -0.809. The Labute approximate surface area is 109 Å². The number of unbranched alkanes of at least 4 members (excludes halogenated alkanes) is 1. The third-order valence-corrected chi connectivity index (χ3v) is 3.66. The molecule has 5 heteroatoms. The van der Waals surface area contributed by atoms with Gasteiger partial charge in [-0.2, -0.15) is 0 Å². The van der Waals surface area contributed by atoms with E-state index in [2.05, 4.69) is 6.92 Å². The summed E-state index contributed by atoms with van der Waals surface area (Å²) in [7, 11) is 1.78. The highest BCUT2D eigenvalue weighted by atomic mass is 16.4. The summed E-state index contributed by atoms with van der Waals surface area (Å²) in [4.78, 5) is 26.8. The van der Waals surface area contributed by atoms with E-state index in [1.165, 1.54) is 0 Å². The highest BCUT2D eigenvalue weighted by molar-refractivity contribution is 5.78. The van der Waals surface area contributed by atoms with Crippen molar-refractivity contribution in [2.45, 2.75) is 39.5 Å². The zero-order valence-electron chi connectivity index (χ0n) is 11.6. The standard InChI is InChI=1S/C13H24N2O3/c1-4-5-8-14(3)12(18)15-9-6-7-13(2,10-15)11(16)17/h4-10H2,1-3H3,(H,16,17). The Morgan fingerprint density at radius 3 is 2.67 bits per heavy atom. The molecular weight excluding hydrogens is 232 g/mol. The second-order valence-corrected chi connectivity index (χ2v) is 5.45. The molecule has 104 valence electrons. The van der Waals surface area contributed by atoms with Crippen LogP contribution in [0.4, 0.5) is 4.79 Å². The molecule has 18 heavy (non-hydrogen) atoms. The molecule has 1 atom stereocenters. The number of carboxylic acids is 1. The fourth-order valence-corrected chi connectivity index (χ4v) is 2.31. The van der Waals surface area contributed by atoms with Crippen LogP contribution in [0, 0.1) is 5.41 Å². The van der Waals surface area contributed by atoms with Crippen LogP contribution in [-0.4, -0.2) is 53.6 Å². The third kappa shape index (κ3) is 3.37. The maximum absolute atomic E-state index is 12.2. The fraction of sp³-hybridized carbons (Fsp3) is 0.846. The van der Waals surface area contributed by atoms with Crippen molar-refractivity contribution in [2.24, 2.45) is 5.41 Å².